The topological polar surface area (TPSA) is 61.8 Å². The van der Waals surface area contributed by atoms with E-state index < -0.39 is 11.1 Å². The van der Waals surface area contributed by atoms with Crippen LogP contribution in [0.5, 0.6) is 0 Å². The van der Waals surface area contributed by atoms with Gasteiger partial charge in [0.1, 0.15) is 11.1 Å². The highest BCUT2D eigenvalue weighted by Crippen LogP contribution is 2.39. The molecule has 5 nitrogen and oxygen atoms in total. The second kappa shape index (κ2) is 7.75. The standard InChI is InChI=1S/C21H20FN3O2S/c1-13-5-4-6-14(11-13)23-21-25(15-9-10-15)20(27)18(28-21)12-19(26)24-17-8-3-2-7-16(17)22/h2-8,11,15,18H,9-10,12H2,1H3,(H,24,26)/t18-/m0/s1. The molecular formula is C21H20FN3O2S. The molecule has 1 N–H and O–H groups in total. The molecule has 0 unspecified atom stereocenters. The highest BCUT2D eigenvalue weighted by atomic mass is 32.2. The molecule has 28 heavy (non-hydrogen) atoms. The molecule has 144 valence electrons. The predicted molar refractivity (Wildman–Crippen MR) is 109 cm³/mol. The molecule has 1 heterocycles. The van der Waals surface area contributed by atoms with Gasteiger partial charge in [0, 0.05) is 12.5 Å². The molecule has 1 saturated carbocycles. The number of nitrogens with one attached hydrogen (secondary N) is 1. The third kappa shape index (κ3) is 4.09. The SMILES string of the molecule is Cc1cccc(N=C2S[C@@H](CC(=O)Nc3ccccc3F)C(=O)N2C2CC2)c1. The van der Waals surface area contributed by atoms with E-state index in [0.29, 0.717) is 5.17 Å². The molecule has 7 heteroatoms. The van der Waals surface area contributed by atoms with Crippen LogP contribution in [0.2, 0.25) is 0 Å². The van der Waals surface area contributed by atoms with Crippen molar-refractivity contribution in [1.82, 2.24) is 4.90 Å². The van der Waals surface area contributed by atoms with Gasteiger partial charge in [-0.15, -0.1) is 0 Å². The third-order valence-electron chi connectivity index (χ3n) is 4.62. The first-order valence-corrected chi connectivity index (χ1v) is 10.1. The number of rotatable bonds is 5. The number of aliphatic imine (C=N–C) groups is 1. The molecular weight excluding hydrogens is 377 g/mol. The number of aryl methyl sites for hydroxylation is 1. The molecule has 2 aliphatic rings. The van der Waals surface area contributed by atoms with Gasteiger partial charge >= 0.3 is 0 Å². The minimum atomic E-state index is -0.545. The van der Waals surface area contributed by atoms with Crippen LogP contribution in [-0.2, 0) is 9.59 Å². The van der Waals surface area contributed by atoms with E-state index in [1.165, 1.54) is 23.9 Å². The number of carbonyl (C=O) groups excluding carboxylic acids is 2. The second-order valence-corrected chi connectivity index (χ2v) is 8.18. The van der Waals surface area contributed by atoms with Gasteiger partial charge in [0.05, 0.1) is 11.4 Å². The number of carbonyl (C=O) groups is 2. The van der Waals surface area contributed by atoms with Gasteiger partial charge in [0.25, 0.3) is 0 Å². The van der Waals surface area contributed by atoms with Crippen LogP contribution in [0.4, 0.5) is 15.8 Å². The van der Waals surface area contributed by atoms with Crippen LogP contribution < -0.4 is 5.32 Å². The normalized spacial score (nSPS) is 20.6. The summed E-state index contributed by atoms with van der Waals surface area (Å²) >= 11 is 1.31. The molecule has 2 aromatic carbocycles. The van der Waals surface area contributed by atoms with Gasteiger partial charge < -0.3 is 5.32 Å². The minimum Gasteiger partial charge on any atom is -0.324 e. The summed E-state index contributed by atoms with van der Waals surface area (Å²) < 4.78 is 13.7. The molecule has 4 rings (SSSR count). The maximum absolute atomic E-state index is 13.7. The van der Waals surface area contributed by atoms with Gasteiger partial charge in [-0.25, -0.2) is 9.38 Å². The Balaban J connectivity index is 1.50. The lowest BCUT2D eigenvalue weighted by Gasteiger charge is -2.15. The van der Waals surface area contributed by atoms with Gasteiger partial charge in [-0.05, 0) is 49.6 Å². The number of thioether (sulfide) groups is 1. The lowest BCUT2D eigenvalue weighted by atomic mass is 10.2. The Kier molecular flexibility index (Phi) is 5.17. The summed E-state index contributed by atoms with van der Waals surface area (Å²) in [6, 6.07) is 13.9. The number of amidine groups is 1. The van der Waals surface area contributed by atoms with Crippen LogP contribution >= 0.6 is 11.8 Å². The van der Waals surface area contributed by atoms with Crippen molar-refractivity contribution in [2.24, 2.45) is 4.99 Å². The summed E-state index contributed by atoms with van der Waals surface area (Å²) in [5, 5.41) is 2.65. The zero-order valence-corrected chi connectivity index (χ0v) is 16.2. The van der Waals surface area contributed by atoms with E-state index in [2.05, 4.69) is 10.3 Å². The molecule has 0 spiro atoms. The molecule has 1 atom stereocenters. The molecule has 1 saturated heterocycles. The van der Waals surface area contributed by atoms with Crippen LogP contribution in [0, 0.1) is 12.7 Å². The Morgan fingerprint density at radius 3 is 2.75 bits per heavy atom. The number of hydrogen-bond acceptors (Lipinski definition) is 4. The summed E-state index contributed by atoms with van der Waals surface area (Å²) in [5.41, 5.74) is 2.00. The number of anilines is 1. The highest BCUT2D eigenvalue weighted by molar-refractivity contribution is 8.15. The van der Waals surface area contributed by atoms with Crippen molar-refractivity contribution >= 4 is 40.1 Å². The highest BCUT2D eigenvalue weighted by Gasteiger charge is 2.46. The van der Waals surface area contributed by atoms with E-state index in [1.54, 1.807) is 17.0 Å². The Hall–Kier alpha value is -2.67. The maximum atomic E-state index is 13.7. The van der Waals surface area contributed by atoms with Gasteiger partial charge in [0.15, 0.2) is 5.17 Å². The summed E-state index contributed by atoms with van der Waals surface area (Å²) in [6.45, 7) is 1.99. The first-order chi connectivity index (χ1) is 13.5. The molecule has 2 aromatic rings. The van der Waals surface area contributed by atoms with Crippen molar-refractivity contribution in [2.45, 2.75) is 37.5 Å². The zero-order chi connectivity index (χ0) is 19.7. The number of para-hydroxylation sites is 1. The minimum absolute atomic E-state index is 0.0199. The van der Waals surface area contributed by atoms with E-state index in [4.69, 9.17) is 0 Å². The number of benzene rings is 2. The Labute approximate surface area is 167 Å². The van der Waals surface area contributed by atoms with E-state index in [9.17, 15) is 14.0 Å². The van der Waals surface area contributed by atoms with Crippen LogP contribution in [0.3, 0.4) is 0 Å². The third-order valence-corrected chi connectivity index (χ3v) is 5.78. The first kappa shape index (κ1) is 18.7. The first-order valence-electron chi connectivity index (χ1n) is 9.21. The molecule has 0 bridgehead atoms. The molecule has 1 aliphatic heterocycles. The van der Waals surface area contributed by atoms with E-state index in [0.717, 1.165) is 24.1 Å². The lowest BCUT2D eigenvalue weighted by molar-refractivity contribution is -0.128. The summed E-state index contributed by atoms with van der Waals surface area (Å²) in [5.74, 6) is -0.978. The monoisotopic (exact) mass is 397 g/mol. The lowest BCUT2D eigenvalue weighted by Crippen LogP contribution is -2.35. The predicted octanol–water partition coefficient (Wildman–Crippen LogP) is 4.26. The molecule has 0 radical (unpaired) electrons. The quantitative estimate of drug-likeness (QED) is 0.820. The number of amides is 2. The van der Waals surface area contributed by atoms with Crippen molar-refractivity contribution < 1.29 is 14.0 Å². The zero-order valence-electron chi connectivity index (χ0n) is 15.4. The van der Waals surface area contributed by atoms with Crippen LogP contribution in [0.15, 0.2) is 53.5 Å². The average Bonchev–Trinajstić information content (AvgIpc) is 3.43. The van der Waals surface area contributed by atoms with Crippen LogP contribution in [-0.4, -0.2) is 33.2 Å². The Morgan fingerprint density at radius 2 is 2.04 bits per heavy atom. The van der Waals surface area contributed by atoms with E-state index in [1.807, 2.05) is 31.2 Å². The fourth-order valence-corrected chi connectivity index (χ4v) is 4.32. The molecule has 2 fully saturated rings. The fraction of sp³-hybridized carbons (Fsp3) is 0.286. The van der Waals surface area contributed by atoms with Gasteiger partial charge in [-0.1, -0.05) is 36.0 Å². The van der Waals surface area contributed by atoms with Crippen molar-refractivity contribution in [3.8, 4) is 0 Å². The van der Waals surface area contributed by atoms with Crippen LogP contribution in [0.25, 0.3) is 0 Å². The Bertz CT molecular complexity index is 958. The molecule has 2 amide bonds. The summed E-state index contributed by atoms with van der Waals surface area (Å²) in [7, 11) is 0. The summed E-state index contributed by atoms with van der Waals surface area (Å²) in [4.78, 5) is 31.6. The number of nitrogens with zero attached hydrogens (tertiary/aromatic N) is 2. The molecule has 0 aromatic heterocycles. The fourth-order valence-electron chi connectivity index (χ4n) is 3.10. The van der Waals surface area contributed by atoms with Crippen molar-refractivity contribution in [1.29, 1.82) is 0 Å². The average molecular weight is 397 g/mol. The molecule has 1 aliphatic carbocycles. The maximum Gasteiger partial charge on any atom is 0.242 e. The summed E-state index contributed by atoms with van der Waals surface area (Å²) in [6.07, 6.45) is 1.88. The van der Waals surface area contributed by atoms with E-state index >= 15 is 0 Å². The van der Waals surface area contributed by atoms with Crippen LogP contribution in [0.1, 0.15) is 24.8 Å². The second-order valence-electron chi connectivity index (χ2n) is 7.01. The largest absolute Gasteiger partial charge is 0.324 e. The number of halogens is 1. The van der Waals surface area contributed by atoms with E-state index in [-0.39, 0.29) is 30.0 Å². The van der Waals surface area contributed by atoms with Gasteiger partial charge in [-0.2, -0.15) is 0 Å². The smallest absolute Gasteiger partial charge is 0.242 e. The number of hydrogen-bond donors (Lipinski definition) is 1. The van der Waals surface area contributed by atoms with Crippen molar-refractivity contribution in [2.75, 3.05) is 5.32 Å². The van der Waals surface area contributed by atoms with Gasteiger partial charge in [-0.3, -0.25) is 14.5 Å². The Morgan fingerprint density at radius 1 is 1.25 bits per heavy atom. The van der Waals surface area contributed by atoms with Crippen molar-refractivity contribution in [3.05, 3.63) is 59.9 Å². The van der Waals surface area contributed by atoms with Crippen molar-refractivity contribution in [3.63, 3.8) is 0 Å². The van der Waals surface area contributed by atoms with Gasteiger partial charge in [0.2, 0.25) is 11.8 Å².